The van der Waals surface area contributed by atoms with E-state index in [4.69, 9.17) is 11.6 Å². The summed E-state index contributed by atoms with van der Waals surface area (Å²) in [6, 6.07) is 7.20. The highest BCUT2D eigenvalue weighted by Gasteiger charge is 2.20. The molecule has 1 aromatic carbocycles. The molecule has 0 radical (unpaired) electrons. The van der Waals surface area contributed by atoms with Gasteiger partial charge < -0.3 is 5.32 Å². The molecule has 1 saturated heterocycles. The van der Waals surface area contributed by atoms with E-state index in [0.717, 1.165) is 5.69 Å². The van der Waals surface area contributed by atoms with Crippen molar-refractivity contribution in [1.82, 2.24) is 5.32 Å². The fourth-order valence-electron chi connectivity index (χ4n) is 1.38. The summed E-state index contributed by atoms with van der Waals surface area (Å²) in [5.41, 5.74) is 0.793. The third-order valence-corrected chi connectivity index (χ3v) is 3.33. The molecule has 3 nitrogen and oxygen atoms in total. The van der Waals surface area contributed by atoms with Crippen LogP contribution < -0.4 is 5.32 Å². The molecule has 1 N–H and O–H groups in total. The van der Waals surface area contributed by atoms with Crippen LogP contribution in [0.3, 0.4) is 0 Å². The third kappa shape index (κ3) is 3.00. The van der Waals surface area contributed by atoms with Crippen LogP contribution >= 0.6 is 23.4 Å². The molecule has 0 unspecified atom stereocenters. The summed E-state index contributed by atoms with van der Waals surface area (Å²) in [6.45, 7) is 2.01. The van der Waals surface area contributed by atoms with Crippen molar-refractivity contribution in [2.24, 2.45) is 4.99 Å². The Hall–Kier alpha value is -1.000. The molecule has 84 valence electrons. The van der Waals surface area contributed by atoms with Crippen LogP contribution in [0.2, 0.25) is 5.02 Å². The average molecular weight is 255 g/mol. The summed E-state index contributed by atoms with van der Waals surface area (Å²) in [6.07, 6.45) is 0.546. The molecule has 1 fully saturated rings. The Kier molecular flexibility index (Phi) is 3.51. The third-order valence-electron chi connectivity index (χ3n) is 2.09. The summed E-state index contributed by atoms with van der Waals surface area (Å²) in [5.74, 6) is 0.0268. The monoisotopic (exact) mass is 254 g/mol. The highest BCUT2D eigenvalue weighted by molar-refractivity contribution is 8.14. The van der Waals surface area contributed by atoms with Gasteiger partial charge in [-0.05, 0) is 24.3 Å². The first-order chi connectivity index (χ1) is 7.63. The van der Waals surface area contributed by atoms with E-state index in [0.29, 0.717) is 16.6 Å². The molecular formula is C11H11ClN2OS. The lowest BCUT2D eigenvalue weighted by Crippen LogP contribution is -2.36. The van der Waals surface area contributed by atoms with Crippen LogP contribution in [-0.2, 0) is 4.79 Å². The maximum atomic E-state index is 11.3. The quantitative estimate of drug-likeness (QED) is 0.837. The number of benzene rings is 1. The summed E-state index contributed by atoms with van der Waals surface area (Å²) in [5, 5.41) is 4.37. The van der Waals surface area contributed by atoms with E-state index in [2.05, 4.69) is 10.3 Å². The number of rotatable bonds is 1. The van der Waals surface area contributed by atoms with E-state index >= 15 is 0 Å². The van der Waals surface area contributed by atoms with Gasteiger partial charge in [-0.2, -0.15) is 0 Å². The summed E-state index contributed by atoms with van der Waals surface area (Å²) < 4.78 is 0. The number of amidine groups is 1. The SMILES string of the molecule is C[C@H]1CC(=O)NC(=Nc2ccc(Cl)cc2)S1. The minimum atomic E-state index is 0.0268. The van der Waals surface area contributed by atoms with Crippen LogP contribution in [0, 0.1) is 0 Å². The van der Waals surface area contributed by atoms with Gasteiger partial charge in [-0.1, -0.05) is 30.3 Å². The van der Waals surface area contributed by atoms with Crippen molar-refractivity contribution in [2.75, 3.05) is 0 Å². The zero-order valence-corrected chi connectivity index (χ0v) is 10.3. The Bertz CT molecular complexity index is 430. The molecule has 0 saturated carbocycles. The van der Waals surface area contributed by atoms with Crippen LogP contribution in [0.1, 0.15) is 13.3 Å². The molecule has 1 atom stereocenters. The molecular weight excluding hydrogens is 244 g/mol. The predicted octanol–water partition coefficient (Wildman–Crippen LogP) is 2.97. The molecule has 1 amide bonds. The van der Waals surface area contributed by atoms with E-state index in [9.17, 15) is 4.79 Å². The van der Waals surface area contributed by atoms with Crippen molar-refractivity contribution < 1.29 is 4.79 Å². The first-order valence-electron chi connectivity index (χ1n) is 4.94. The van der Waals surface area contributed by atoms with Gasteiger partial charge in [0.1, 0.15) is 0 Å². The molecule has 5 heteroatoms. The van der Waals surface area contributed by atoms with Crippen molar-refractivity contribution in [3.63, 3.8) is 0 Å². The van der Waals surface area contributed by atoms with Gasteiger partial charge in [0.25, 0.3) is 0 Å². The Labute approximate surface area is 103 Å². The Morgan fingerprint density at radius 3 is 2.75 bits per heavy atom. The molecule has 2 rings (SSSR count). The lowest BCUT2D eigenvalue weighted by atomic mass is 10.3. The van der Waals surface area contributed by atoms with Crippen molar-refractivity contribution in [3.05, 3.63) is 29.3 Å². The van der Waals surface area contributed by atoms with Crippen LogP contribution in [0.25, 0.3) is 0 Å². The molecule has 0 spiro atoms. The molecule has 1 aromatic rings. The topological polar surface area (TPSA) is 41.5 Å². The van der Waals surface area contributed by atoms with Gasteiger partial charge in [-0.3, -0.25) is 4.79 Å². The number of carbonyl (C=O) groups excluding carboxylic acids is 1. The number of amides is 1. The molecule has 0 bridgehead atoms. The highest BCUT2D eigenvalue weighted by atomic mass is 35.5. The molecule has 0 aliphatic carbocycles. The maximum absolute atomic E-state index is 11.3. The van der Waals surface area contributed by atoms with Crippen molar-refractivity contribution in [1.29, 1.82) is 0 Å². The second-order valence-electron chi connectivity index (χ2n) is 3.57. The van der Waals surface area contributed by atoms with Crippen LogP contribution in [0.5, 0.6) is 0 Å². The smallest absolute Gasteiger partial charge is 0.227 e. The molecule has 0 aromatic heterocycles. The van der Waals surface area contributed by atoms with E-state index in [1.54, 1.807) is 23.9 Å². The Balaban J connectivity index is 2.17. The van der Waals surface area contributed by atoms with E-state index in [-0.39, 0.29) is 11.2 Å². The number of carbonyl (C=O) groups is 1. The van der Waals surface area contributed by atoms with Crippen molar-refractivity contribution in [3.8, 4) is 0 Å². The van der Waals surface area contributed by atoms with Gasteiger partial charge in [-0.15, -0.1) is 0 Å². The number of hydrogen-bond acceptors (Lipinski definition) is 3. The first kappa shape index (κ1) is 11.5. The van der Waals surface area contributed by atoms with E-state index in [1.807, 2.05) is 19.1 Å². The number of thioether (sulfide) groups is 1. The number of hydrogen-bond donors (Lipinski definition) is 1. The summed E-state index contributed by atoms with van der Waals surface area (Å²) in [4.78, 5) is 15.7. The minimum absolute atomic E-state index is 0.0268. The van der Waals surface area contributed by atoms with Crippen molar-refractivity contribution in [2.45, 2.75) is 18.6 Å². The van der Waals surface area contributed by atoms with Gasteiger partial charge in [-0.25, -0.2) is 4.99 Å². The van der Waals surface area contributed by atoms with E-state index in [1.165, 1.54) is 0 Å². The second kappa shape index (κ2) is 4.89. The van der Waals surface area contributed by atoms with Gasteiger partial charge in [0.2, 0.25) is 5.91 Å². The zero-order valence-electron chi connectivity index (χ0n) is 8.74. The number of nitrogens with one attached hydrogen (secondary N) is 1. The summed E-state index contributed by atoms with van der Waals surface area (Å²) in [7, 11) is 0. The minimum Gasteiger partial charge on any atom is -0.305 e. The van der Waals surface area contributed by atoms with Gasteiger partial charge in [0, 0.05) is 16.7 Å². The van der Waals surface area contributed by atoms with Gasteiger partial charge >= 0.3 is 0 Å². The first-order valence-corrected chi connectivity index (χ1v) is 6.20. The molecule has 1 aliphatic heterocycles. The van der Waals surface area contributed by atoms with Crippen LogP contribution in [0.15, 0.2) is 29.3 Å². The lowest BCUT2D eigenvalue weighted by molar-refractivity contribution is -0.119. The average Bonchev–Trinajstić information content (AvgIpc) is 2.20. The zero-order chi connectivity index (χ0) is 11.5. The predicted molar refractivity (Wildman–Crippen MR) is 68.4 cm³/mol. The van der Waals surface area contributed by atoms with Crippen LogP contribution in [-0.4, -0.2) is 16.3 Å². The number of aliphatic imine (C=N–C) groups is 1. The van der Waals surface area contributed by atoms with Crippen molar-refractivity contribution >= 4 is 40.1 Å². The van der Waals surface area contributed by atoms with Crippen LogP contribution in [0.4, 0.5) is 5.69 Å². The summed E-state index contributed by atoms with van der Waals surface area (Å²) >= 11 is 7.35. The Morgan fingerprint density at radius 1 is 1.44 bits per heavy atom. The Morgan fingerprint density at radius 2 is 2.12 bits per heavy atom. The normalized spacial score (nSPS) is 23.2. The fourth-order valence-corrected chi connectivity index (χ4v) is 2.45. The number of nitrogens with zero attached hydrogens (tertiary/aromatic N) is 1. The second-order valence-corrected chi connectivity index (χ2v) is 5.44. The fraction of sp³-hybridized carbons (Fsp3) is 0.273. The standard InChI is InChI=1S/C11H11ClN2OS/c1-7-6-10(15)14-11(16-7)13-9-4-2-8(12)3-5-9/h2-5,7H,6H2,1H3,(H,13,14,15)/t7-/m0/s1. The number of halogens is 1. The largest absolute Gasteiger partial charge is 0.305 e. The molecule has 1 heterocycles. The molecule has 1 aliphatic rings. The molecule has 16 heavy (non-hydrogen) atoms. The van der Waals surface area contributed by atoms with E-state index < -0.39 is 0 Å². The van der Waals surface area contributed by atoms with Gasteiger partial charge in [0.05, 0.1) is 5.69 Å². The van der Waals surface area contributed by atoms with Gasteiger partial charge in [0.15, 0.2) is 5.17 Å². The maximum Gasteiger partial charge on any atom is 0.227 e. The highest BCUT2D eigenvalue weighted by Crippen LogP contribution is 2.23. The lowest BCUT2D eigenvalue weighted by Gasteiger charge is -2.19.